The maximum atomic E-state index is 11.9. The van der Waals surface area contributed by atoms with Gasteiger partial charge in [0.25, 0.3) is 5.91 Å². The van der Waals surface area contributed by atoms with E-state index in [0.717, 1.165) is 28.7 Å². The lowest BCUT2D eigenvalue weighted by Crippen LogP contribution is -2.40. The van der Waals surface area contributed by atoms with Crippen LogP contribution >= 0.6 is 22.6 Å². The second-order valence-electron chi connectivity index (χ2n) is 4.15. The molecule has 2 heterocycles. The number of aryl methyl sites for hydroxylation is 1. The molecule has 0 bridgehead atoms. The van der Waals surface area contributed by atoms with Gasteiger partial charge in [0.15, 0.2) is 0 Å². The van der Waals surface area contributed by atoms with E-state index >= 15 is 0 Å². The number of ether oxygens (including phenoxy) is 1. The van der Waals surface area contributed by atoms with Gasteiger partial charge in [0.05, 0.1) is 18.3 Å². The Bertz CT molecular complexity index is 417. The molecule has 1 atom stereocenters. The van der Waals surface area contributed by atoms with Crippen LogP contribution in [0.2, 0.25) is 0 Å². The summed E-state index contributed by atoms with van der Waals surface area (Å²) < 4.78 is 6.39. The molecule has 17 heavy (non-hydrogen) atoms. The Labute approximate surface area is 114 Å². The summed E-state index contributed by atoms with van der Waals surface area (Å²) >= 11 is 2.21. The zero-order valence-electron chi connectivity index (χ0n) is 9.70. The van der Waals surface area contributed by atoms with E-state index in [0.29, 0.717) is 12.3 Å². The number of nitrogens with zero attached hydrogens (tertiary/aromatic N) is 1. The maximum Gasteiger partial charge on any atom is 0.270 e. The number of carbonyl (C=O) groups excluding carboxylic acids is 1. The monoisotopic (exact) mass is 346 g/mol. The molecule has 2 rings (SSSR count). The Balaban J connectivity index is 2.01. The largest absolute Gasteiger partial charge is 0.379 e. The summed E-state index contributed by atoms with van der Waals surface area (Å²) in [4.78, 5) is 16.2. The highest BCUT2D eigenvalue weighted by Crippen LogP contribution is 2.11. The Morgan fingerprint density at radius 2 is 2.41 bits per heavy atom. The SMILES string of the molecule is Cc1nc(C(=O)N[C@H]2CCCOC2)ccc1I. The van der Waals surface area contributed by atoms with Gasteiger partial charge in [-0.3, -0.25) is 4.79 Å². The zero-order valence-corrected chi connectivity index (χ0v) is 11.9. The van der Waals surface area contributed by atoms with Gasteiger partial charge in [0.2, 0.25) is 0 Å². The van der Waals surface area contributed by atoms with Crippen LogP contribution in [0.1, 0.15) is 29.0 Å². The quantitative estimate of drug-likeness (QED) is 0.833. The van der Waals surface area contributed by atoms with Gasteiger partial charge in [-0.15, -0.1) is 0 Å². The van der Waals surface area contributed by atoms with Crippen LogP contribution in [0.25, 0.3) is 0 Å². The average molecular weight is 346 g/mol. The number of hydrogen-bond acceptors (Lipinski definition) is 3. The Morgan fingerprint density at radius 1 is 1.59 bits per heavy atom. The Morgan fingerprint density at radius 3 is 3.06 bits per heavy atom. The van der Waals surface area contributed by atoms with Crippen molar-refractivity contribution in [2.45, 2.75) is 25.8 Å². The fraction of sp³-hybridized carbons (Fsp3) is 0.500. The maximum absolute atomic E-state index is 11.9. The molecule has 0 aromatic carbocycles. The average Bonchev–Trinajstić information content (AvgIpc) is 2.34. The molecule has 0 unspecified atom stereocenters. The molecule has 0 aliphatic carbocycles. The number of hydrogen-bond donors (Lipinski definition) is 1. The normalized spacial score (nSPS) is 20.0. The summed E-state index contributed by atoms with van der Waals surface area (Å²) in [5.74, 6) is -0.111. The van der Waals surface area contributed by atoms with E-state index in [9.17, 15) is 4.79 Å². The highest BCUT2D eigenvalue weighted by Gasteiger charge is 2.17. The first-order chi connectivity index (χ1) is 8.16. The number of pyridine rings is 1. The summed E-state index contributed by atoms with van der Waals surface area (Å²) in [7, 11) is 0. The molecule has 1 fully saturated rings. The second-order valence-corrected chi connectivity index (χ2v) is 5.31. The third kappa shape index (κ3) is 3.38. The predicted octanol–water partition coefficient (Wildman–Crippen LogP) is 1.90. The van der Waals surface area contributed by atoms with E-state index < -0.39 is 0 Å². The molecule has 92 valence electrons. The summed E-state index contributed by atoms with van der Waals surface area (Å²) in [5.41, 5.74) is 1.37. The van der Waals surface area contributed by atoms with Crippen LogP contribution in [-0.2, 0) is 4.74 Å². The van der Waals surface area contributed by atoms with E-state index in [1.807, 2.05) is 13.0 Å². The summed E-state index contributed by atoms with van der Waals surface area (Å²) in [6, 6.07) is 3.79. The van der Waals surface area contributed by atoms with Crippen molar-refractivity contribution in [2.75, 3.05) is 13.2 Å². The van der Waals surface area contributed by atoms with Gasteiger partial charge >= 0.3 is 0 Å². The van der Waals surface area contributed by atoms with Crippen molar-refractivity contribution in [2.24, 2.45) is 0 Å². The summed E-state index contributed by atoms with van der Waals surface area (Å²) in [6.45, 7) is 3.31. The predicted molar refractivity (Wildman–Crippen MR) is 73.0 cm³/mol. The van der Waals surface area contributed by atoms with E-state index in [4.69, 9.17) is 4.74 Å². The van der Waals surface area contributed by atoms with E-state index in [-0.39, 0.29) is 11.9 Å². The van der Waals surface area contributed by atoms with Gasteiger partial charge in [-0.1, -0.05) is 0 Å². The number of carbonyl (C=O) groups is 1. The summed E-state index contributed by atoms with van der Waals surface area (Å²) in [5, 5.41) is 2.95. The molecule has 1 amide bonds. The lowest BCUT2D eigenvalue weighted by Gasteiger charge is -2.22. The molecular weight excluding hydrogens is 331 g/mol. The van der Waals surface area contributed by atoms with Crippen molar-refractivity contribution in [1.82, 2.24) is 10.3 Å². The number of rotatable bonds is 2. The molecule has 0 saturated carbocycles. The lowest BCUT2D eigenvalue weighted by atomic mass is 10.1. The molecule has 0 spiro atoms. The van der Waals surface area contributed by atoms with Crippen molar-refractivity contribution >= 4 is 28.5 Å². The van der Waals surface area contributed by atoms with Gasteiger partial charge in [-0.25, -0.2) is 4.98 Å². The first-order valence-corrected chi connectivity index (χ1v) is 6.76. The molecule has 1 aliphatic rings. The van der Waals surface area contributed by atoms with Crippen molar-refractivity contribution in [1.29, 1.82) is 0 Å². The fourth-order valence-electron chi connectivity index (χ4n) is 1.78. The van der Waals surface area contributed by atoms with Crippen molar-refractivity contribution < 1.29 is 9.53 Å². The third-order valence-corrected chi connectivity index (χ3v) is 3.89. The molecule has 4 nitrogen and oxygen atoms in total. The van der Waals surface area contributed by atoms with Crippen LogP contribution < -0.4 is 5.32 Å². The second kappa shape index (κ2) is 5.77. The molecule has 1 saturated heterocycles. The Kier molecular flexibility index (Phi) is 4.33. The number of nitrogens with one attached hydrogen (secondary N) is 1. The van der Waals surface area contributed by atoms with E-state index in [1.165, 1.54) is 0 Å². The van der Waals surface area contributed by atoms with Crippen LogP contribution in [0.5, 0.6) is 0 Å². The first-order valence-electron chi connectivity index (χ1n) is 5.68. The standard InChI is InChI=1S/C12H15IN2O2/c1-8-10(13)4-5-11(14-8)12(16)15-9-3-2-6-17-7-9/h4-5,9H,2-3,6-7H2,1H3,(H,15,16)/t9-/m0/s1. The van der Waals surface area contributed by atoms with Gasteiger partial charge in [-0.2, -0.15) is 0 Å². The minimum atomic E-state index is -0.111. The topological polar surface area (TPSA) is 51.2 Å². The minimum absolute atomic E-state index is 0.111. The molecule has 1 N–H and O–H groups in total. The highest BCUT2D eigenvalue weighted by molar-refractivity contribution is 14.1. The minimum Gasteiger partial charge on any atom is -0.379 e. The van der Waals surface area contributed by atoms with Crippen molar-refractivity contribution in [3.05, 3.63) is 27.1 Å². The fourth-order valence-corrected chi connectivity index (χ4v) is 2.08. The first kappa shape index (κ1) is 12.8. The van der Waals surface area contributed by atoms with Gasteiger partial charge in [0.1, 0.15) is 5.69 Å². The molecule has 1 aromatic heterocycles. The van der Waals surface area contributed by atoms with Gasteiger partial charge in [-0.05, 0) is 54.5 Å². The Hall–Kier alpha value is -0.690. The molecule has 5 heteroatoms. The summed E-state index contributed by atoms with van der Waals surface area (Å²) in [6.07, 6.45) is 1.99. The van der Waals surface area contributed by atoms with Crippen LogP contribution in [-0.4, -0.2) is 30.1 Å². The zero-order chi connectivity index (χ0) is 12.3. The molecule has 1 aromatic rings. The lowest BCUT2D eigenvalue weighted by molar-refractivity contribution is 0.0622. The van der Waals surface area contributed by atoms with Crippen molar-refractivity contribution in [3.63, 3.8) is 0 Å². The molecule has 0 radical (unpaired) electrons. The third-order valence-electron chi connectivity index (χ3n) is 2.75. The van der Waals surface area contributed by atoms with Crippen LogP contribution in [0.3, 0.4) is 0 Å². The number of aromatic nitrogens is 1. The van der Waals surface area contributed by atoms with E-state index in [1.54, 1.807) is 6.07 Å². The van der Waals surface area contributed by atoms with Crippen LogP contribution in [0, 0.1) is 10.5 Å². The highest BCUT2D eigenvalue weighted by atomic mass is 127. The molecular formula is C12H15IN2O2. The van der Waals surface area contributed by atoms with Gasteiger partial charge < -0.3 is 10.1 Å². The number of amides is 1. The van der Waals surface area contributed by atoms with Crippen molar-refractivity contribution in [3.8, 4) is 0 Å². The smallest absolute Gasteiger partial charge is 0.270 e. The van der Waals surface area contributed by atoms with Gasteiger partial charge in [0, 0.05) is 10.2 Å². The van der Waals surface area contributed by atoms with E-state index in [2.05, 4.69) is 32.9 Å². The van der Waals surface area contributed by atoms with Crippen LogP contribution in [0.4, 0.5) is 0 Å². The molecule has 1 aliphatic heterocycles. The van der Waals surface area contributed by atoms with Crippen LogP contribution in [0.15, 0.2) is 12.1 Å². The number of halogens is 1.